The molecule has 4 aromatic rings. The van der Waals surface area contributed by atoms with Crippen LogP contribution >= 0.6 is 11.6 Å². The Morgan fingerprint density at radius 1 is 0.935 bits per heavy atom. The Balaban J connectivity index is 1.59. The van der Waals surface area contributed by atoms with Gasteiger partial charge in [-0.2, -0.15) is 0 Å². The lowest BCUT2D eigenvalue weighted by Crippen LogP contribution is -2.19. The van der Waals surface area contributed by atoms with Crippen LogP contribution in [0, 0.1) is 0 Å². The van der Waals surface area contributed by atoms with Crippen molar-refractivity contribution >= 4 is 40.0 Å². The number of ether oxygens (including phenoxy) is 1. The van der Waals surface area contributed by atoms with E-state index in [2.05, 4.69) is 4.98 Å². The van der Waals surface area contributed by atoms with Crippen LogP contribution < -0.4 is 0 Å². The standard InChI is InChI=1S/C25H18ClNO4/c26-18-11-12-21-19(13-18)20(15-27-21)22(28)14-23(29)25(30)31-24(16-7-3-1-4-8-16)17-9-5-2-6-10-17/h1-15,24,27-28H/b22-14+. The summed E-state index contributed by atoms with van der Waals surface area (Å²) < 4.78 is 5.54. The first-order valence-electron chi connectivity index (χ1n) is 9.55. The molecule has 31 heavy (non-hydrogen) atoms. The molecular formula is C25H18ClNO4. The van der Waals surface area contributed by atoms with Crippen LogP contribution in [0.2, 0.25) is 5.02 Å². The van der Waals surface area contributed by atoms with Gasteiger partial charge in [-0.1, -0.05) is 72.3 Å². The Labute approximate surface area is 183 Å². The fraction of sp³-hybridized carbons (Fsp3) is 0.0400. The molecule has 1 aromatic heterocycles. The Morgan fingerprint density at radius 3 is 2.16 bits per heavy atom. The number of fused-ring (bicyclic) bond motifs is 1. The minimum Gasteiger partial charge on any atom is -0.507 e. The summed E-state index contributed by atoms with van der Waals surface area (Å²) in [6, 6.07) is 23.4. The van der Waals surface area contributed by atoms with E-state index in [1.807, 2.05) is 60.7 Å². The molecule has 0 bridgehead atoms. The van der Waals surface area contributed by atoms with Crippen LogP contribution in [0.4, 0.5) is 0 Å². The fourth-order valence-corrected chi connectivity index (χ4v) is 3.49. The van der Waals surface area contributed by atoms with Crippen LogP contribution in [-0.4, -0.2) is 21.8 Å². The molecule has 4 rings (SSSR count). The molecule has 154 valence electrons. The van der Waals surface area contributed by atoms with Crippen molar-refractivity contribution in [2.24, 2.45) is 0 Å². The maximum Gasteiger partial charge on any atom is 0.380 e. The molecule has 0 spiro atoms. The van der Waals surface area contributed by atoms with Crippen LogP contribution in [0.15, 0.2) is 91.1 Å². The summed E-state index contributed by atoms with van der Waals surface area (Å²) >= 11 is 6.03. The number of rotatable bonds is 6. The predicted octanol–water partition coefficient (Wildman–Crippen LogP) is 5.62. The topological polar surface area (TPSA) is 79.4 Å². The third-order valence-electron chi connectivity index (χ3n) is 4.82. The summed E-state index contributed by atoms with van der Waals surface area (Å²) in [6.07, 6.45) is 1.66. The van der Waals surface area contributed by atoms with Crippen LogP contribution in [0.5, 0.6) is 0 Å². The van der Waals surface area contributed by atoms with Gasteiger partial charge in [0.15, 0.2) is 6.10 Å². The molecule has 5 nitrogen and oxygen atoms in total. The van der Waals surface area contributed by atoms with Gasteiger partial charge in [-0.05, 0) is 29.3 Å². The van der Waals surface area contributed by atoms with E-state index >= 15 is 0 Å². The van der Waals surface area contributed by atoms with Crippen molar-refractivity contribution in [2.75, 3.05) is 0 Å². The molecule has 0 fully saturated rings. The number of hydrogen-bond acceptors (Lipinski definition) is 4. The van der Waals surface area contributed by atoms with Gasteiger partial charge in [-0.3, -0.25) is 4.79 Å². The first-order chi connectivity index (χ1) is 15.0. The fourth-order valence-electron chi connectivity index (χ4n) is 3.31. The lowest BCUT2D eigenvalue weighted by atomic mass is 10.0. The highest BCUT2D eigenvalue weighted by Gasteiger charge is 2.23. The Kier molecular flexibility index (Phi) is 5.87. The van der Waals surface area contributed by atoms with E-state index in [1.165, 1.54) is 0 Å². The Hall–Kier alpha value is -3.83. The summed E-state index contributed by atoms with van der Waals surface area (Å²) in [4.78, 5) is 28.1. The number of hydrogen-bond donors (Lipinski definition) is 2. The van der Waals surface area contributed by atoms with Crippen LogP contribution in [0.3, 0.4) is 0 Å². The summed E-state index contributed by atoms with van der Waals surface area (Å²) in [7, 11) is 0. The van der Waals surface area contributed by atoms with Crippen LogP contribution in [0.25, 0.3) is 16.7 Å². The number of aliphatic hydroxyl groups is 1. The minimum atomic E-state index is -1.07. The maximum atomic E-state index is 12.6. The SMILES string of the molecule is O=C(/C=C(/O)c1c[nH]c2ccc(Cl)cc12)C(=O)OC(c1ccccc1)c1ccccc1. The highest BCUT2D eigenvalue weighted by molar-refractivity contribution is 6.39. The molecule has 0 atom stereocenters. The van der Waals surface area contributed by atoms with Crippen molar-refractivity contribution in [1.82, 2.24) is 4.98 Å². The zero-order chi connectivity index (χ0) is 21.8. The first kappa shape index (κ1) is 20.4. The number of aromatic amines is 1. The average Bonchev–Trinajstić information content (AvgIpc) is 3.21. The second-order valence-corrected chi connectivity index (χ2v) is 7.33. The molecule has 0 radical (unpaired) electrons. The molecule has 6 heteroatoms. The van der Waals surface area contributed by atoms with Gasteiger partial charge in [0.2, 0.25) is 0 Å². The largest absolute Gasteiger partial charge is 0.507 e. The van der Waals surface area contributed by atoms with E-state index in [4.69, 9.17) is 16.3 Å². The minimum absolute atomic E-state index is 0.355. The molecule has 2 N–H and O–H groups in total. The lowest BCUT2D eigenvalue weighted by molar-refractivity contribution is -0.154. The summed E-state index contributed by atoms with van der Waals surface area (Å²) in [5.41, 5.74) is 2.56. The van der Waals surface area contributed by atoms with Gasteiger partial charge in [0.1, 0.15) is 5.76 Å². The highest BCUT2D eigenvalue weighted by Crippen LogP contribution is 2.28. The number of esters is 1. The number of carbonyl (C=O) groups is 2. The lowest BCUT2D eigenvalue weighted by Gasteiger charge is -2.18. The third-order valence-corrected chi connectivity index (χ3v) is 5.05. The van der Waals surface area contributed by atoms with Crippen molar-refractivity contribution in [2.45, 2.75) is 6.10 Å². The van der Waals surface area contributed by atoms with Gasteiger partial charge in [0.25, 0.3) is 5.78 Å². The van der Waals surface area contributed by atoms with E-state index < -0.39 is 17.9 Å². The highest BCUT2D eigenvalue weighted by atomic mass is 35.5. The van der Waals surface area contributed by atoms with Crippen molar-refractivity contribution in [3.63, 3.8) is 0 Å². The Bertz CT molecular complexity index is 1220. The number of aliphatic hydroxyl groups excluding tert-OH is 1. The number of ketones is 1. The molecule has 0 aliphatic heterocycles. The third kappa shape index (κ3) is 4.52. The predicted molar refractivity (Wildman–Crippen MR) is 120 cm³/mol. The smallest absolute Gasteiger partial charge is 0.380 e. The number of carbonyl (C=O) groups excluding carboxylic acids is 2. The van der Waals surface area contributed by atoms with Crippen LogP contribution in [0.1, 0.15) is 22.8 Å². The first-order valence-corrected chi connectivity index (χ1v) is 9.93. The maximum absolute atomic E-state index is 12.6. The van der Waals surface area contributed by atoms with E-state index in [1.54, 1.807) is 24.4 Å². The van der Waals surface area contributed by atoms with Gasteiger partial charge in [0, 0.05) is 33.8 Å². The van der Waals surface area contributed by atoms with Gasteiger partial charge < -0.3 is 14.8 Å². The van der Waals surface area contributed by atoms with Crippen molar-refractivity contribution in [1.29, 1.82) is 0 Å². The van der Waals surface area contributed by atoms with E-state index in [9.17, 15) is 14.7 Å². The molecule has 0 aliphatic carbocycles. The number of H-pyrrole nitrogens is 1. The number of nitrogens with one attached hydrogen (secondary N) is 1. The zero-order valence-corrected chi connectivity index (χ0v) is 17.0. The molecule has 0 amide bonds. The molecule has 0 saturated carbocycles. The average molecular weight is 432 g/mol. The quantitative estimate of drug-likeness (QED) is 0.180. The second-order valence-electron chi connectivity index (χ2n) is 6.89. The molecule has 3 aromatic carbocycles. The molecule has 1 heterocycles. The van der Waals surface area contributed by atoms with Gasteiger partial charge in [-0.15, -0.1) is 0 Å². The molecule has 0 aliphatic rings. The van der Waals surface area contributed by atoms with Crippen molar-refractivity contribution in [3.8, 4) is 0 Å². The number of benzene rings is 3. The van der Waals surface area contributed by atoms with Crippen LogP contribution in [-0.2, 0) is 14.3 Å². The molecular weight excluding hydrogens is 414 g/mol. The number of aromatic nitrogens is 1. The van der Waals surface area contributed by atoms with E-state index in [0.29, 0.717) is 16.0 Å². The zero-order valence-electron chi connectivity index (χ0n) is 16.3. The van der Waals surface area contributed by atoms with Gasteiger partial charge >= 0.3 is 5.97 Å². The van der Waals surface area contributed by atoms with Crippen molar-refractivity contribution in [3.05, 3.63) is 113 Å². The summed E-state index contributed by atoms with van der Waals surface area (Å²) in [5, 5.41) is 11.6. The summed E-state index contributed by atoms with van der Waals surface area (Å²) in [6.45, 7) is 0. The number of halogens is 1. The monoisotopic (exact) mass is 431 g/mol. The van der Waals surface area contributed by atoms with Crippen molar-refractivity contribution < 1.29 is 19.4 Å². The van der Waals surface area contributed by atoms with Gasteiger partial charge in [-0.25, -0.2) is 4.79 Å². The molecule has 0 saturated heterocycles. The van der Waals surface area contributed by atoms with E-state index in [-0.39, 0.29) is 5.76 Å². The Morgan fingerprint density at radius 2 is 1.55 bits per heavy atom. The molecule has 0 unspecified atom stereocenters. The van der Waals surface area contributed by atoms with E-state index in [0.717, 1.165) is 22.7 Å². The second kappa shape index (κ2) is 8.90. The summed E-state index contributed by atoms with van der Waals surface area (Å²) in [5.74, 6) is -2.39. The normalized spacial score (nSPS) is 11.6. The van der Waals surface area contributed by atoms with Gasteiger partial charge in [0.05, 0.1) is 0 Å².